The highest BCUT2D eigenvalue weighted by Crippen LogP contribution is 2.17. The first-order valence-electron chi connectivity index (χ1n) is 5.86. The standard InChI is InChI=1S/C13H19BrN2/c1-10-7-13(14)4-3-12(10)9-16-6-5-15-11(2)8-16/h3-4,7,11,15H,5-6,8-9H2,1-2H3/t11-/m1/s1. The van der Waals surface area contributed by atoms with Crippen molar-refractivity contribution in [1.29, 1.82) is 0 Å². The summed E-state index contributed by atoms with van der Waals surface area (Å²) in [5.74, 6) is 0. The van der Waals surface area contributed by atoms with Gasteiger partial charge >= 0.3 is 0 Å². The first-order chi connectivity index (χ1) is 7.65. The molecule has 1 aromatic rings. The molecule has 16 heavy (non-hydrogen) atoms. The average molecular weight is 283 g/mol. The number of piperazine rings is 1. The molecule has 3 heteroatoms. The molecule has 0 radical (unpaired) electrons. The van der Waals surface area contributed by atoms with Gasteiger partial charge in [0, 0.05) is 36.7 Å². The maximum absolute atomic E-state index is 3.51. The Morgan fingerprint density at radius 2 is 2.31 bits per heavy atom. The predicted molar refractivity (Wildman–Crippen MR) is 71.6 cm³/mol. The van der Waals surface area contributed by atoms with Gasteiger partial charge in [0.05, 0.1) is 0 Å². The van der Waals surface area contributed by atoms with Gasteiger partial charge in [-0.05, 0) is 37.1 Å². The molecule has 0 bridgehead atoms. The Kier molecular flexibility index (Phi) is 4.00. The number of halogens is 1. The number of nitrogens with zero attached hydrogens (tertiary/aromatic N) is 1. The first kappa shape index (κ1) is 12.1. The minimum Gasteiger partial charge on any atom is -0.312 e. The van der Waals surface area contributed by atoms with E-state index in [0.717, 1.165) is 26.2 Å². The monoisotopic (exact) mass is 282 g/mol. The van der Waals surface area contributed by atoms with Gasteiger partial charge in [0.15, 0.2) is 0 Å². The molecule has 1 aliphatic rings. The SMILES string of the molecule is Cc1cc(Br)ccc1CN1CCN[C@H](C)C1. The van der Waals surface area contributed by atoms with E-state index in [0.29, 0.717) is 6.04 Å². The molecular formula is C13H19BrN2. The van der Waals surface area contributed by atoms with Crippen molar-refractivity contribution in [1.82, 2.24) is 10.2 Å². The van der Waals surface area contributed by atoms with Crippen LogP contribution in [0.1, 0.15) is 18.1 Å². The van der Waals surface area contributed by atoms with Gasteiger partial charge in [0.1, 0.15) is 0 Å². The van der Waals surface area contributed by atoms with Gasteiger partial charge in [-0.2, -0.15) is 0 Å². The Labute approximate surface area is 106 Å². The predicted octanol–water partition coefficient (Wildman–Crippen LogP) is 2.55. The Balaban J connectivity index is 2.02. The van der Waals surface area contributed by atoms with Gasteiger partial charge in [-0.15, -0.1) is 0 Å². The van der Waals surface area contributed by atoms with Crippen molar-refractivity contribution in [3.63, 3.8) is 0 Å². The van der Waals surface area contributed by atoms with Crippen molar-refractivity contribution < 1.29 is 0 Å². The average Bonchev–Trinajstić information content (AvgIpc) is 2.22. The van der Waals surface area contributed by atoms with Crippen LogP contribution in [0.4, 0.5) is 0 Å². The summed E-state index contributed by atoms with van der Waals surface area (Å²) in [4.78, 5) is 2.53. The van der Waals surface area contributed by atoms with Gasteiger partial charge in [-0.1, -0.05) is 22.0 Å². The summed E-state index contributed by atoms with van der Waals surface area (Å²) in [6.07, 6.45) is 0. The largest absolute Gasteiger partial charge is 0.312 e. The van der Waals surface area contributed by atoms with Crippen LogP contribution in [-0.2, 0) is 6.54 Å². The van der Waals surface area contributed by atoms with Gasteiger partial charge < -0.3 is 5.32 Å². The van der Waals surface area contributed by atoms with Crippen LogP contribution in [-0.4, -0.2) is 30.6 Å². The lowest BCUT2D eigenvalue weighted by Gasteiger charge is -2.32. The molecule has 0 aromatic heterocycles. The molecule has 0 unspecified atom stereocenters. The van der Waals surface area contributed by atoms with Crippen LogP contribution in [0.5, 0.6) is 0 Å². The summed E-state index contributed by atoms with van der Waals surface area (Å²) in [5, 5.41) is 3.47. The number of hydrogen-bond acceptors (Lipinski definition) is 2. The maximum Gasteiger partial charge on any atom is 0.0237 e. The lowest BCUT2D eigenvalue weighted by Crippen LogP contribution is -2.48. The van der Waals surface area contributed by atoms with Gasteiger partial charge in [0.2, 0.25) is 0 Å². The smallest absolute Gasteiger partial charge is 0.0237 e. The minimum atomic E-state index is 0.615. The molecule has 0 amide bonds. The van der Waals surface area contributed by atoms with Crippen molar-refractivity contribution in [3.05, 3.63) is 33.8 Å². The van der Waals surface area contributed by atoms with Crippen LogP contribution in [0.15, 0.2) is 22.7 Å². The van der Waals surface area contributed by atoms with E-state index in [1.807, 2.05) is 0 Å². The molecule has 2 nitrogen and oxygen atoms in total. The second-order valence-electron chi connectivity index (χ2n) is 4.66. The van der Waals surface area contributed by atoms with E-state index in [1.54, 1.807) is 0 Å². The molecular weight excluding hydrogens is 264 g/mol. The number of aryl methyl sites for hydroxylation is 1. The van der Waals surface area contributed by atoms with E-state index in [9.17, 15) is 0 Å². The highest BCUT2D eigenvalue weighted by atomic mass is 79.9. The summed E-state index contributed by atoms with van der Waals surface area (Å²) >= 11 is 3.51. The Hall–Kier alpha value is -0.380. The molecule has 1 atom stereocenters. The van der Waals surface area contributed by atoms with Crippen LogP contribution in [0, 0.1) is 6.92 Å². The molecule has 88 valence electrons. The zero-order chi connectivity index (χ0) is 11.5. The number of nitrogens with one attached hydrogen (secondary N) is 1. The van der Waals surface area contributed by atoms with Crippen molar-refractivity contribution in [3.8, 4) is 0 Å². The Morgan fingerprint density at radius 3 is 3.00 bits per heavy atom. The van der Waals surface area contributed by atoms with E-state index in [4.69, 9.17) is 0 Å². The number of rotatable bonds is 2. The van der Waals surface area contributed by atoms with Crippen molar-refractivity contribution in [2.45, 2.75) is 26.4 Å². The minimum absolute atomic E-state index is 0.615. The van der Waals surface area contributed by atoms with E-state index in [2.05, 4.69) is 58.2 Å². The third-order valence-corrected chi connectivity index (χ3v) is 3.64. The topological polar surface area (TPSA) is 15.3 Å². The Morgan fingerprint density at radius 1 is 1.50 bits per heavy atom. The fourth-order valence-corrected chi connectivity index (χ4v) is 2.71. The van der Waals surface area contributed by atoms with Crippen LogP contribution < -0.4 is 5.32 Å². The quantitative estimate of drug-likeness (QED) is 0.897. The van der Waals surface area contributed by atoms with Crippen molar-refractivity contribution in [2.75, 3.05) is 19.6 Å². The lowest BCUT2D eigenvalue weighted by molar-refractivity contribution is 0.199. The molecule has 0 aliphatic carbocycles. The fraction of sp³-hybridized carbons (Fsp3) is 0.538. The highest BCUT2D eigenvalue weighted by molar-refractivity contribution is 9.10. The third-order valence-electron chi connectivity index (χ3n) is 3.15. The van der Waals surface area contributed by atoms with Crippen LogP contribution in [0.2, 0.25) is 0 Å². The number of hydrogen-bond donors (Lipinski definition) is 1. The highest BCUT2D eigenvalue weighted by Gasteiger charge is 2.15. The molecule has 1 fully saturated rings. The first-order valence-corrected chi connectivity index (χ1v) is 6.65. The zero-order valence-electron chi connectivity index (χ0n) is 9.96. The molecule has 1 saturated heterocycles. The molecule has 1 aliphatic heterocycles. The Bertz CT molecular complexity index is 365. The van der Waals surface area contributed by atoms with E-state index in [-0.39, 0.29) is 0 Å². The zero-order valence-corrected chi connectivity index (χ0v) is 11.5. The number of benzene rings is 1. The molecule has 0 spiro atoms. The van der Waals surface area contributed by atoms with Crippen LogP contribution in [0.25, 0.3) is 0 Å². The van der Waals surface area contributed by atoms with Crippen LogP contribution in [0.3, 0.4) is 0 Å². The second kappa shape index (κ2) is 5.30. The lowest BCUT2D eigenvalue weighted by atomic mass is 10.1. The van der Waals surface area contributed by atoms with Gasteiger partial charge in [-0.3, -0.25) is 4.90 Å². The summed E-state index contributed by atoms with van der Waals surface area (Å²) in [6.45, 7) is 8.92. The molecule has 1 N–H and O–H groups in total. The maximum atomic E-state index is 3.51. The third kappa shape index (κ3) is 3.06. The van der Waals surface area contributed by atoms with Crippen molar-refractivity contribution in [2.24, 2.45) is 0 Å². The van der Waals surface area contributed by atoms with Crippen LogP contribution >= 0.6 is 15.9 Å². The van der Waals surface area contributed by atoms with E-state index < -0.39 is 0 Å². The molecule has 1 aromatic carbocycles. The van der Waals surface area contributed by atoms with Gasteiger partial charge in [-0.25, -0.2) is 0 Å². The normalized spacial score (nSPS) is 22.3. The van der Waals surface area contributed by atoms with E-state index in [1.165, 1.54) is 15.6 Å². The van der Waals surface area contributed by atoms with Gasteiger partial charge in [0.25, 0.3) is 0 Å². The van der Waals surface area contributed by atoms with E-state index >= 15 is 0 Å². The molecule has 0 saturated carbocycles. The summed E-state index contributed by atoms with van der Waals surface area (Å²) in [6, 6.07) is 7.17. The summed E-state index contributed by atoms with van der Waals surface area (Å²) < 4.78 is 1.17. The molecule has 2 rings (SSSR count). The van der Waals surface area contributed by atoms with Crippen molar-refractivity contribution >= 4 is 15.9 Å². The summed E-state index contributed by atoms with van der Waals surface area (Å²) in [7, 11) is 0. The summed E-state index contributed by atoms with van der Waals surface area (Å²) in [5.41, 5.74) is 2.82. The fourth-order valence-electron chi connectivity index (χ4n) is 2.23. The molecule has 1 heterocycles. The second-order valence-corrected chi connectivity index (χ2v) is 5.58.